The van der Waals surface area contributed by atoms with Crippen molar-refractivity contribution in [3.8, 4) is 11.1 Å². The highest BCUT2D eigenvalue weighted by molar-refractivity contribution is 5.82. The smallest absolute Gasteiger partial charge is 0.419 e. The van der Waals surface area contributed by atoms with E-state index in [9.17, 15) is 45.1 Å². The number of halogens is 8. The molecule has 310 valence electrons. The average molecular weight is 810 g/mol. The van der Waals surface area contributed by atoms with Gasteiger partial charge in [0.15, 0.2) is 0 Å². The normalized spacial score (nSPS) is 14.6. The number of unbranched alkanes of at least 4 members (excludes halogenated alkanes) is 2. The zero-order valence-electron chi connectivity index (χ0n) is 31.9. The van der Waals surface area contributed by atoms with Gasteiger partial charge in [-0.05, 0) is 130 Å². The first-order valence-corrected chi connectivity index (χ1v) is 18.8. The highest BCUT2D eigenvalue weighted by atomic mass is 19.4. The zero-order valence-corrected chi connectivity index (χ0v) is 31.9. The minimum Gasteiger partial charge on any atom is -0.466 e. The number of carbonyl (C=O) groups is 2. The van der Waals surface area contributed by atoms with E-state index in [-0.39, 0.29) is 54.7 Å². The summed E-state index contributed by atoms with van der Waals surface area (Å²) >= 11 is 0. The van der Waals surface area contributed by atoms with Gasteiger partial charge in [0.2, 0.25) is 5.91 Å². The lowest BCUT2D eigenvalue weighted by Gasteiger charge is -2.26. The molecule has 1 aliphatic heterocycles. The monoisotopic (exact) mass is 809 g/mol. The summed E-state index contributed by atoms with van der Waals surface area (Å²) in [6, 6.07) is 0.886. The molecule has 57 heavy (non-hydrogen) atoms. The summed E-state index contributed by atoms with van der Waals surface area (Å²) in [5.41, 5.74) is -4.48. The number of likely N-dealkylation sites (tertiary alicyclic amines) is 1. The molecule has 3 aromatic rings. The van der Waals surface area contributed by atoms with E-state index in [1.807, 2.05) is 4.90 Å². The second-order valence-electron chi connectivity index (χ2n) is 14.1. The molecular formula is C42H47F8N3O4. The Hall–Kier alpha value is -4.79. The van der Waals surface area contributed by atoms with Crippen molar-refractivity contribution in [2.24, 2.45) is 0 Å². The zero-order chi connectivity index (χ0) is 42.1. The van der Waals surface area contributed by atoms with E-state index in [4.69, 9.17) is 4.74 Å². The van der Waals surface area contributed by atoms with Crippen LogP contribution in [0.2, 0.25) is 0 Å². The second kappa shape index (κ2) is 19.6. The standard InChI is InChI=1S/C42H47F8N3O4/c1-5-8-9-10-14-27-20-30(43)19-26(4)38(27)29-21-31(39(44)33(22-29)42(48,49)50)34(24-37(55)57-7-3)51-40(56)35(13-6-2)53-25-28(15-18-52-16-11-12-17-52)32(23-36(53)54)41(45,46)47/h5-6,19-23,25,34-35H,1-2,7-18,24H2,3-4H3,(H,51,56)/t34-,35-/m0/s1. The highest BCUT2D eigenvalue weighted by Crippen LogP contribution is 2.41. The number of esters is 1. The molecule has 2 aromatic carbocycles. The van der Waals surface area contributed by atoms with E-state index in [0.717, 1.165) is 35.7 Å². The Bertz CT molecular complexity index is 1980. The summed E-state index contributed by atoms with van der Waals surface area (Å²) in [5, 5.41) is 2.40. The number of benzene rings is 2. The molecule has 0 saturated carbocycles. The Morgan fingerprint density at radius 3 is 2.21 bits per heavy atom. The van der Waals surface area contributed by atoms with Crippen molar-refractivity contribution < 1.29 is 49.4 Å². The van der Waals surface area contributed by atoms with Crippen molar-refractivity contribution in [3.05, 3.63) is 117 Å². The minimum atomic E-state index is -5.27. The third-order valence-electron chi connectivity index (χ3n) is 9.94. The molecule has 1 aliphatic rings. The van der Waals surface area contributed by atoms with Gasteiger partial charge in [0, 0.05) is 24.4 Å². The number of ether oxygens (including phenoxy) is 1. The van der Waals surface area contributed by atoms with Gasteiger partial charge >= 0.3 is 18.3 Å². The van der Waals surface area contributed by atoms with Crippen LogP contribution >= 0.6 is 0 Å². The number of nitrogens with one attached hydrogen (secondary N) is 1. The molecule has 15 heteroatoms. The minimum absolute atomic E-state index is 0.111. The summed E-state index contributed by atoms with van der Waals surface area (Å²) in [4.78, 5) is 42.3. The van der Waals surface area contributed by atoms with Crippen LogP contribution < -0.4 is 10.9 Å². The molecule has 2 heterocycles. The van der Waals surface area contributed by atoms with E-state index in [0.29, 0.717) is 50.0 Å². The Balaban J connectivity index is 1.86. The third-order valence-corrected chi connectivity index (χ3v) is 9.94. The molecule has 0 radical (unpaired) electrons. The molecule has 7 nitrogen and oxygen atoms in total. The number of rotatable bonds is 18. The molecule has 1 amide bonds. The number of nitrogens with zero attached hydrogens (tertiary/aromatic N) is 2. The van der Waals surface area contributed by atoms with Crippen LogP contribution in [0.25, 0.3) is 11.1 Å². The molecule has 0 aliphatic carbocycles. The predicted octanol–water partition coefficient (Wildman–Crippen LogP) is 9.60. The van der Waals surface area contributed by atoms with Crippen molar-refractivity contribution in [1.82, 2.24) is 14.8 Å². The fourth-order valence-corrected chi connectivity index (χ4v) is 7.26. The summed E-state index contributed by atoms with van der Waals surface area (Å²) in [5.74, 6) is -4.56. The number of hydrogen-bond acceptors (Lipinski definition) is 5. The quantitative estimate of drug-likeness (QED) is 0.0600. The molecule has 1 saturated heterocycles. The van der Waals surface area contributed by atoms with Gasteiger partial charge in [-0.1, -0.05) is 12.2 Å². The van der Waals surface area contributed by atoms with E-state index < -0.39 is 76.6 Å². The number of amides is 1. The van der Waals surface area contributed by atoms with Crippen LogP contribution in [0, 0.1) is 18.6 Å². The van der Waals surface area contributed by atoms with Gasteiger partial charge < -0.3 is 19.5 Å². The van der Waals surface area contributed by atoms with Crippen LogP contribution in [0.15, 0.2) is 66.6 Å². The maximum atomic E-state index is 16.2. The van der Waals surface area contributed by atoms with Crippen LogP contribution in [0.4, 0.5) is 35.1 Å². The Kier molecular flexibility index (Phi) is 15.4. The van der Waals surface area contributed by atoms with E-state index >= 15 is 4.39 Å². The molecule has 0 spiro atoms. The van der Waals surface area contributed by atoms with Gasteiger partial charge in [-0.15, -0.1) is 13.2 Å². The number of aryl methyl sites for hydroxylation is 2. The molecular weight excluding hydrogens is 762 g/mol. The van der Waals surface area contributed by atoms with Crippen LogP contribution in [0.3, 0.4) is 0 Å². The first-order chi connectivity index (χ1) is 26.9. The molecule has 4 rings (SSSR count). The Morgan fingerprint density at radius 2 is 1.60 bits per heavy atom. The number of carbonyl (C=O) groups excluding carboxylic acids is 2. The summed E-state index contributed by atoms with van der Waals surface area (Å²) < 4.78 is 123. The van der Waals surface area contributed by atoms with E-state index in [1.165, 1.54) is 26.0 Å². The fourth-order valence-electron chi connectivity index (χ4n) is 7.26. The van der Waals surface area contributed by atoms with Gasteiger partial charge in [0.05, 0.1) is 30.2 Å². The summed E-state index contributed by atoms with van der Waals surface area (Å²) in [6.45, 7) is 11.7. The van der Waals surface area contributed by atoms with Crippen molar-refractivity contribution in [2.75, 3.05) is 26.2 Å². The molecule has 1 N–H and O–H groups in total. The molecule has 0 unspecified atom stereocenters. The van der Waals surface area contributed by atoms with Crippen LogP contribution in [0.5, 0.6) is 0 Å². The SMILES string of the molecule is C=CCCCCc1cc(F)cc(C)c1-c1cc([C@H](CC(=O)OCC)NC(=O)[C@H](CC=C)n2cc(CCN3CCCC3)c(C(F)(F)F)cc2=O)c(F)c(C(F)(F)F)c1. The lowest BCUT2D eigenvalue weighted by molar-refractivity contribution is -0.144. The first kappa shape index (κ1) is 44.9. The predicted molar refractivity (Wildman–Crippen MR) is 200 cm³/mol. The van der Waals surface area contributed by atoms with Gasteiger partial charge in [-0.2, -0.15) is 26.3 Å². The Morgan fingerprint density at radius 1 is 0.912 bits per heavy atom. The van der Waals surface area contributed by atoms with Crippen molar-refractivity contribution >= 4 is 11.9 Å². The second-order valence-corrected chi connectivity index (χ2v) is 14.1. The maximum Gasteiger partial charge on any atom is 0.419 e. The number of hydrogen-bond donors (Lipinski definition) is 1. The molecule has 1 fully saturated rings. The van der Waals surface area contributed by atoms with Crippen molar-refractivity contribution in [3.63, 3.8) is 0 Å². The highest BCUT2D eigenvalue weighted by Gasteiger charge is 2.39. The number of pyridine rings is 1. The van der Waals surface area contributed by atoms with Gasteiger partial charge in [-0.3, -0.25) is 14.4 Å². The van der Waals surface area contributed by atoms with Gasteiger partial charge in [0.1, 0.15) is 17.7 Å². The largest absolute Gasteiger partial charge is 0.466 e. The first-order valence-electron chi connectivity index (χ1n) is 18.8. The van der Waals surface area contributed by atoms with Gasteiger partial charge in [-0.25, -0.2) is 8.78 Å². The lowest BCUT2D eigenvalue weighted by atomic mass is 9.88. The molecule has 0 bridgehead atoms. The maximum absolute atomic E-state index is 16.2. The lowest BCUT2D eigenvalue weighted by Crippen LogP contribution is -2.40. The Labute approximate surface area is 326 Å². The van der Waals surface area contributed by atoms with Crippen LogP contribution in [-0.4, -0.2) is 47.6 Å². The molecule has 2 atom stereocenters. The van der Waals surface area contributed by atoms with Crippen LogP contribution in [-0.2, 0) is 39.5 Å². The number of aromatic nitrogens is 1. The van der Waals surface area contributed by atoms with Gasteiger partial charge in [0.25, 0.3) is 5.56 Å². The van der Waals surface area contributed by atoms with E-state index in [1.54, 1.807) is 6.08 Å². The third kappa shape index (κ3) is 11.6. The number of allylic oxidation sites excluding steroid dienone is 2. The van der Waals surface area contributed by atoms with Crippen LogP contribution in [0.1, 0.15) is 97.3 Å². The van der Waals surface area contributed by atoms with E-state index in [2.05, 4.69) is 18.5 Å². The molecule has 1 aromatic heterocycles. The van der Waals surface area contributed by atoms with Crippen molar-refractivity contribution in [1.29, 1.82) is 0 Å². The number of alkyl halides is 6. The topological polar surface area (TPSA) is 80.6 Å². The fraction of sp³-hybridized carbons (Fsp3) is 0.452. The summed E-state index contributed by atoms with van der Waals surface area (Å²) in [7, 11) is 0. The average Bonchev–Trinajstić information content (AvgIpc) is 3.65. The summed E-state index contributed by atoms with van der Waals surface area (Å²) in [6.07, 6.45) is -3.78. The van der Waals surface area contributed by atoms with Crippen molar-refractivity contribution in [2.45, 2.75) is 96.1 Å².